The van der Waals surface area contributed by atoms with Crippen LogP contribution in [0.2, 0.25) is 10.0 Å². The monoisotopic (exact) mass is 356 g/mol. The first-order chi connectivity index (χ1) is 10.9. The van der Waals surface area contributed by atoms with Gasteiger partial charge in [0.15, 0.2) is 0 Å². The Bertz CT molecular complexity index is 626. The van der Waals surface area contributed by atoms with Crippen molar-refractivity contribution < 1.29 is 14.4 Å². The quantitative estimate of drug-likeness (QED) is 0.833. The number of carbonyl (C=O) groups is 3. The fourth-order valence-electron chi connectivity index (χ4n) is 2.41. The Labute approximate surface area is 145 Å². The summed E-state index contributed by atoms with van der Waals surface area (Å²) in [5, 5.41) is 0.750. The fraction of sp³-hybridized carbons (Fsp3) is 0.438. The van der Waals surface area contributed by atoms with Crippen LogP contribution in [0, 0.1) is 0 Å². The van der Waals surface area contributed by atoms with Crippen LogP contribution in [0.15, 0.2) is 18.2 Å². The summed E-state index contributed by atoms with van der Waals surface area (Å²) in [5.74, 6) is -0.159. The molecule has 1 aromatic carbocycles. The number of carbonyl (C=O) groups excluding carboxylic acids is 3. The third-order valence-corrected chi connectivity index (χ3v) is 4.52. The maximum atomic E-state index is 12.4. The lowest BCUT2D eigenvalue weighted by Gasteiger charge is -2.35. The van der Waals surface area contributed by atoms with Crippen molar-refractivity contribution in [3.8, 4) is 0 Å². The standard InChI is InChI=1S/C16H18Cl2N2O3/c1-11(21)2-5-15(22)19-6-8-20(9-7-19)16(23)12-3-4-13(17)14(18)10-12/h3-4,10H,2,5-9H2,1H3. The molecule has 7 heteroatoms. The number of nitrogens with zero attached hydrogens (tertiary/aromatic N) is 2. The average Bonchev–Trinajstić information content (AvgIpc) is 2.54. The fourth-order valence-corrected chi connectivity index (χ4v) is 2.71. The molecule has 0 aromatic heterocycles. The lowest BCUT2D eigenvalue weighted by Crippen LogP contribution is -2.50. The Hall–Kier alpha value is -1.59. The van der Waals surface area contributed by atoms with Crippen LogP contribution >= 0.6 is 23.2 Å². The number of amides is 2. The molecule has 0 unspecified atom stereocenters. The van der Waals surface area contributed by atoms with Crippen molar-refractivity contribution in [2.75, 3.05) is 26.2 Å². The van der Waals surface area contributed by atoms with E-state index in [1.54, 1.807) is 28.0 Å². The Kier molecular flexibility index (Phi) is 6.02. The molecule has 124 valence electrons. The van der Waals surface area contributed by atoms with Crippen LogP contribution in [0.3, 0.4) is 0 Å². The van der Waals surface area contributed by atoms with Gasteiger partial charge >= 0.3 is 0 Å². The van der Waals surface area contributed by atoms with E-state index in [0.29, 0.717) is 41.8 Å². The number of ketones is 1. The zero-order chi connectivity index (χ0) is 17.0. The zero-order valence-corrected chi connectivity index (χ0v) is 14.4. The number of benzene rings is 1. The normalized spacial score (nSPS) is 14.7. The highest BCUT2D eigenvalue weighted by Gasteiger charge is 2.25. The second kappa shape index (κ2) is 7.79. The van der Waals surface area contributed by atoms with Crippen molar-refractivity contribution >= 4 is 40.8 Å². The van der Waals surface area contributed by atoms with Crippen LogP contribution in [-0.4, -0.2) is 53.6 Å². The van der Waals surface area contributed by atoms with Crippen molar-refractivity contribution in [1.29, 1.82) is 0 Å². The van der Waals surface area contributed by atoms with E-state index in [-0.39, 0.29) is 30.4 Å². The smallest absolute Gasteiger partial charge is 0.254 e. The van der Waals surface area contributed by atoms with Crippen LogP contribution < -0.4 is 0 Å². The van der Waals surface area contributed by atoms with E-state index < -0.39 is 0 Å². The molecule has 0 atom stereocenters. The SMILES string of the molecule is CC(=O)CCC(=O)N1CCN(C(=O)c2ccc(Cl)c(Cl)c2)CC1. The zero-order valence-electron chi connectivity index (χ0n) is 12.8. The molecule has 1 aliphatic rings. The minimum absolute atomic E-state index is 0.00628. The number of halogens is 2. The summed E-state index contributed by atoms with van der Waals surface area (Å²) in [6.07, 6.45) is 0.497. The van der Waals surface area contributed by atoms with Crippen LogP contribution in [0.5, 0.6) is 0 Å². The van der Waals surface area contributed by atoms with Gasteiger partial charge in [0.1, 0.15) is 5.78 Å². The van der Waals surface area contributed by atoms with Gasteiger partial charge in [-0.2, -0.15) is 0 Å². The molecule has 0 aliphatic carbocycles. The van der Waals surface area contributed by atoms with Crippen molar-refractivity contribution in [3.05, 3.63) is 33.8 Å². The van der Waals surface area contributed by atoms with Crippen molar-refractivity contribution in [2.24, 2.45) is 0 Å². The van der Waals surface area contributed by atoms with E-state index in [9.17, 15) is 14.4 Å². The Morgan fingerprint density at radius 3 is 2.13 bits per heavy atom. The van der Waals surface area contributed by atoms with E-state index in [2.05, 4.69) is 0 Å². The highest BCUT2D eigenvalue weighted by Crippen LogP contribution is 2.23. The number of Topliss-reactive ketones (excluding diaryl/α,β-unsaturated/α-hetero) is 1. The molecule has 1 aromatic rings. The maximum absolute atomic E-state index is 12.4. The molecule has 1 saturated heterocycles. The lowest BCUT2D eigenvalue weighted by atomic mass is 10.1. The first-order valence-electron chi connectivity index (χ1n) is 7.40. The Morgan fingerprint density at radius 1 is 0.957 bits per heavy atom. The van der Waals surface area contributed by atoms with Gasteiger partial charge in [-0.05, 0) is 25.1 Å². The molecule has 23 heavy (non-hydrogen) atoms. The molecule has 1 fully saturated rings. The van der Waals surface area contributed by atoms with Gasteiger partial charge in [0, 0.05) is 44.6 Å². The van der Waals surface area contributed by atoms with Gasteiger partial charge in [-0.3, -0.25) is 9.59 Å². The molecule has 0 radical (unpaired) electrons. The van der Waals surface area contributed by atoms with E-state index in [1.165, 1.54) is 6.92 Å². The summed E-state index contributed by atoms with van der Waals surface area (Å²) in [5.41, 5.74) is 0.482. The number of hydrogen-bond donors (Lipinski definition) is 0. The molecular formula is C16H18Cl2N2O3. The van der Waals surface area contributed by atoms with Crippen molar-refractivity contribution in [2.45, 2.75) is 19.8 Å². The number of piperazine rings is 1. The highest BCUT2D eigenvalue weighted by atomic mass is 35.5. The first-order valence-corrected chi connectivity index (χ1v) is 8.15. The summed E-state index contributed by atoms with van der Waals surface area (Å²) in [7, 11) is 0. The minimum Gasteiger partial charge on any atom is -0.339 e. The summed E-state index contributed by atoms with van der Waals surface area (Å²) < 4.78 is 0. The van der Waals surface area contributed by atoms with E-state index in [0.717, 1.165) is 0 Å². The molecule has 1 heterocycles. The molecule has 2 amide bonds. The van der Waals surface area contributed by atoms with E-state index in [4.69, 9.17) is 23.2 Å². The average molecular weight is 357 g/mol. The van der Waals surface area contributed by atoms with Crippen LogP contribution in [-0.2, 0) is 9.59 Å². The van der Waals surface area contributed by atoms with Crippen molar-refractivity contribution in [1.82, 2.24) is 9.80 Å². The molecule has 0 N–H and O–H groups in total. The second-order valence-electron chi connectivity index (χ2n) is 5.50. The van der Waals surface area contributed by atoms with Crippen LogP contribution in [0.4, 0.5) is 0 Å². The van der Waals surface area contributed by atoms with Crippen LogP contribution in [0.1, 0.15) is 30.1 Å². The predicted octanol–water partition coefficient (Wildman–Crippen LogP) is 2.65. The third kappa shape index (κ3) is 4.69. The maximum Gasteiger partial charge on any atom is 0.254 e. The molecule has 0 spiro atoms. The van der Waals surface area contributed by atoms with Crippen molar-refractivity contribution in [3.63, 3.8) is 0 Å². The lowest BCUT2D eigenvalue weighted by molar-refractivity contribution is -0.134. The Morgan fingerprint density at radius 2 is 1.57 bits per heavy atom. The summed E-state index contributed by atoms with van der Waals surface area (Å²) in [6.45, 7) is 3.35. The molecule has 1 aliphatic heterocycles. The van der Waals surface area contributed by atoms with E-state index >= 15 is 0 Å². The van der Waals surface area contributed by atoms with E-state index in [1.807, 2.05) is 0 Å². The highest BCUT2D eigenvalue weighted by molar-refractivity contribution is 6.42. The van der Waals surface area contributed by atoms with Gasteiger partial charge < -0.3 is 14.6 Å². The predicted molar refractivity (Wildman–Crippen MR) is 88.9 cm³/mol. The number of hydrogen-bond acceptors (Lipinski definition) is 3. The topological polar surface area (TPSA) is 57.7 Å². The summed E-state index contributed by atoms with van der Waals surface area (Å²) in [4.78, 5) is 38.7. The molecular weight excluding hydrogens is 339 g/mol. The van der Waals surface area contributed by atoms with Gasteiger partial charge in [0.05, 0.1) is 10.0 Å². The van der Waals surface area contributed by atoms with Crippen LogP contribution in [0.25, 0.3) is 0 Å². The Balaban J connectivity index is 1.90. The van der Waals surface area contributed by atoms with Gasteiger partial charge in [0.25, 0.3) is 5.91 Å². The molecule has 2 rings (SSSR count). The van der Waals surface area contributed by atoms with Gasteiger partial charge in [-0.1, -0.05) is 23.2 Å². The third-order valence-electron chi connectivity index (χ3n) is 3.78. The molecule has 0 bridgehead atoms. The largest absolute Gasteiger partial charge is 0.339 e. The van der Waals surface area contributed by atoms with Gasteiger partial charge in [-0.25, -0.2) is 0 Å². The van der Waals surface area contributed by atoms with Gasteiger partial charge in [0.2, 0.25) is 5.91 Å². The summed E-state index contributed by atoms with van der Waals surface area (Å²) in [6, 6.07) is 4.79. The molecule has 5 nitrogen and oxygen atoms in total. The van der Waals surface area contributed by atoms with Gasteiger partial charge in [-0.15, -0.1) is 0 Å². The second-order valence-corrected chi connectivity index (χ2v) is 6.32. The first kappa shape index (κ1) is 17.8. The number of rotatable bonds is 4. The summed E-state index contributed by atoms with van der Waals surface area (Å²) >= 11 is 11.8. The molecule has 0 saturated carbocycles. The minimum atomic E-state index is -0.126.